The summed E-state index contributed by atoms with van der Waals surface area (Å²) in [5.41, 5.74) is 1.24. The Morgan fingerprint density at radius 3 is 2.82 bits per heavy atom. The molecule has 0 fully saturated rings. The van der Waals surface area contributed by atoms with E-state index < -0.39 is 0 Å². The van der Waals surface area contributed by atoms with Crippen LogP contribution in [0.5, 0.6) is 0 Å². The van der Waals surface area contributed by atoms with Crippen LogP contribution in [0.15, 0.2) is 24.5 Å². The topological polar surface area (TPSA) is 48.4 Å². The zero-order valence-corrected chi connectivity index (χ0v) is 11.4. The van der Waals surface area contributed by atoms with E-state index in [1.165, 1.54) is 12.7 Å². The van der Waals surface area contributed by atoms with Crippen molar-refractivity contribution >= 4 is 21.9 Å². The lowest BCUT2D eigenvalue weighted by atomic mass is 10.1. The Labute approximate surface area is 109 Å². The maximum absolute atomic E-state index is 11.0. The van der Waals surface area contributed by atoms with Gasteiger partial charge in [-0.05, 0) is 30.5 Å². The van der Waals surface area contributed by atoms with Gasteiger partial charge in [-0.3, -0.25) is 9.78 Å². The summed E-state index contributed by atoms with van der Waals surface area (Å²) in [6, 6.07) is 3.98. The van der Waals surface area contributed by atoms with Gasteiger partial charge in [0, 0.05) is 19.0 Å². The molecule has 1 rings (SSSR count). The van der Waals surface area contributed by atoms with Crippen molar-refractivity contribution in [1.29, 1.82) is 0 Å². The molecule has 0 N–H and O–H groups in total. The zero-order valence-electron chi connectivity index (χ0n) is 9.77. The van der Waals surface area contributed by atoms with Crippen LogP contribution in [0.25, 0.3) is 0 Å². The molecule has 1 aromatic heterocycles. The minimum atomic E-state index is -0.381. The molecule has 0 amide bonds. The summed E-state index contributed by atoms with van der Waals surface area (Å²) in [6.45, 7) is 0.963. The highest BCUT2D eigenvalue weighted by molar-refractivity contribution is 9.10. The second-order valence-electron chi connectivity index (χ2n) is 3.52. The number of esters is 1. The summed E-state index contributed by atoms with van der Waals surface area (Å²) < 4.78 is 9.94. The number of hydrogen-bond donors (Lipinski definition) is 0. The number of aryl methyl sites for hydroxylation is 1. The van der Waals surface area contributed by atoms with Gasteiger partial charge in [-0.25, -0.2) is 0 Å². The fraction of sp³-hybridized carbons (Fsp3) is 0.500. The van der Waals surface area contributed by atoms with Crippen LogP contribution < -0.4 is 0 Å². The van der Waals surface area contributed by atoms with Crippen LogP contribution in [-0.2, 0) is 20.7 Å². The van der Waals surface area contributed by atoms with E-state index in [9.17, 15) is 4.79 Å². The molecule has 5 heteroatoms. The molecule has 4 nitrogen and oxygen atoms in total. The number of hydrogen-bond acceptors (Lipinski definition) is 4. The van der Waals surface area contributed by atoms with Crippen molar-refractivity contribution in [2.45, 2.75) is 17.7 Å². The molecule has 0 aliphatic rings. The van der Waals surface area contributed by atoms with Gasteiger partial charge in [0.05, 0.1) is 13.7 Å². The van der Waals surface area contributed by atoms with Crippen LogP contribution in [0.2, 0.25) is 0 Å². The first kappa shape index (κ1) is 14.1. The molecule has 0 saturated heterocycles. The van der Waals surface area contributed by atoms with Crippen molar-refractivity contribution in [2.75, 3.05) is 20.3 Å². The number of alkyl halides is 1. The van der Waals surface area contributed by atoms with E-state index in [1.807, 2.05) is 12.1 Å². The van der Waals surface area contributed by atoms with Gasteiger partial charge in [0.1, 0.15) is 4.83 Å². The predicted octanol–water partition coefficient (Wildman–Crippen LogP) is 1.97. The number of carbonyl (C=O) groups excluding carboxylic acids is 1. The Morgan fingerprint density at radius 2 is 2.18 bits per heavy atom. The molecule has 1 aromatic rings. The predicted molar refractivity (Wildman–Crippen MR) is 68.1 cm³/mol. The van der Waals surface area contributed by atoms with E-state index >= 15 is 0 Å². The van der Waals surface area contributed by atoms with Crippen molar-refractivity contribution in [3.63, 3.8) is 0 Å². The van der Waals surface area contributed by atoms with Crippen LogP contribution in [-0.4, -0.2) is 36.1 Å². The Morgan fingerprint density at radius 1 is 1.47 bits per heavy atom. The molecular weight excluding hydrogens is 286 g/mol. The highest BCUT2D eigenvalue weighted by Gasteiger charge is 2.14. The second kappa shape index (κ2) is 8.20. The van der Waals surface area contributed by atoms with E-state index in [0.717, 1.165) is 12.8 Å². The Kier molecular flexibility index (Phi) is 6.81. The average Bonchev–Trinajstić information content (AvgIpc) is 2.38. The van der Waals surface area contributed by atoms with Gasteiger partial charge >= 0.3 is 5.97 Å². The molecule has 0 radical (unpaired) electrons. The minimum Gasteiger partial charge on any atom is -0.468 e. The standard InChI is InChI=1S/C12H16BrNO3/c1-16-12(15)11(13)9-17-8-2-3-10-4-6-14-7-5-10/h4-7,11H,2-3,8-9H2,1H3. The molecule has 0 aliphatic carbocycles. The first-order chi connectivity index (χ1) is 8.24. The molecule has 0 bridgehead atoms. The molecule has 0 spiro atoms. The molecule has 1 heterocycles. The van der Waals surface area contributed by atoms with E-state index in [2.05, 4.69) is 25.7 Å². The molecule has 1 unspecified atom stereocenters. The van der Waals surface area contributed by atoms with Crippen LogP contribution in [0.3, 0.4) is 0 Å². The highest BCUT2D eigenvalue weighted by atomic mass is 79.9. The lowest BCUT2D eigenvalue weighted by Gasteiger charge is -2.08. The normalized spacial score (nSPS) is 12.1. The van der Waals surface area contributed by atoms with Crippen molar-refractivity contribution in [1.82, 2.24) is 4.98 Å². The first-order valence-electron chi connectivity index (χ1n) is 5.42. The van der Waals surface area contributed by atoms with Crippen LogP contribution in [0.4, 0.5) is 0 Å². The molecular formula is C12H16BrNO3. The molecule has 0 aliphatic heterocycles. The lowest BCUT2D eigenvalue weighted by Crippen LogP contribution is -2.21. The summed E-state index contributed by atoms with van der Waals surface area (Å²) in [7, 11) is 1.36. The van der Waals surface area contributed by atoms with Crippen LogP contribution in [0, 0.1) is 0 Å². The van der Waals surface area contributed by atoms with Gasteiger partial charge in [-0.1, -0.05) is 15.9 Å². The highest BCUT2D eigenvalue weighted by Crippen LogP contribution is 2.04. The summed E-state index contributed by atoms with van der Waals surface area (Å²) in [5.74, 6) is -0.306. The fourth-order valence-corrected chi connectivity index (χ4v) is 1.68. The Balaban J connectivity index is 2.07. The fourth-order valence-electron chi connectivity index (χ4n) is 1.31. The monoisotopic (exact) mass is 301 g/mol. The number of pyridine rings is 1. The van der Waals surface area contributed by atoms with E-state index in [-0.39, 0.29) is 10.8 Å². The quantitative estimate of drug-likeness (QED) is 0.439. The van der Waals surface area contributed by atoms with Crippen LogP contribution >= 0.6 is 15.9 Å². The summed E-state index contributed by atoms with van der Waals surface area (Å²) >= 11 is 3.19. The van der Waals surface area contributed by atoms with Gasteiger partial charge in [-0.15, -0.1) is 0 Å². The van der Waals surface area contributed by atoms with Crippen molar-refractivity contribution < 1.29 is 14.3 Å². The van der Waals surface area contributed by atoms with E-state index in [4.69, 9.17) is 4.74 Å². The SMILES string of the molecule is COC(=O)C(Br)COCCCc1ccncc1. The van der Waals surface area contributed by atoms with Gasteiger partial charge in [-0.2, -0.15) is 0 Å². The number of methoxy groups -OCH3 is 1. The number of halogens is 1. The summed E-state index contributed by atoms with van der Waals surface area (Å²) in [5, 5.41) is 0. The third-order valence-electron chi connectivity index (χ3n) is 2.22. The largest absolute Gasteiger partial charge is 0.468 e. The van der Waals surface area contributed by atoms with Crippen molar-refractivity contribution in [3.8, 4) is 0 Å². The number of aromatic nitrogens is 1. The first-order valence-corrected chi connectivity index (χ1v) is 6.34. The summed E-state index contributed by atoms with van der Waals surface area (Å²) in [4.78, 5) is 14.6. The molecule has 0 aromatic carbocycles. The smallest absolute Gasteiger partial charge is 0.321 e. The Hall–Kier alpha value is -0.940. The van der Waals surface area contributed by atoms with Crippen molar-refractivity contribution in [3.05, 3.63) is 30.1 Å². The van der Waals surface area contributed by atoms with Crippen LogP contribution in [0.1, 0.15) is 12.0 Å². The van der Waals surface area contributed by atoms with Gasteiger partial charge in [0.15, 0.2) is 0 Å². The maximum atomic E-state index is 11.0. The average molecular weight is 302 g/mol. The number of ether oxygens (including phenoxy) is 2. The van der Waals surface area contributed by atoms with Crippen molar-refractivity contribution in [2.24, 2.45) is 0 Å². The van der Waals surface area contributed by atoms with E-state index in [1.54, 1.807) is 12.4 Å². The second-order valence-corrected chi connectivity index (χ2v) is 4.63. The third-order valence-corrected chi connectivity index (χ3v) is 2.86. The molecule has 1 atom stereocenters. The molecule has 94 valence electrons. The van der Waals surface area contributed by atoms with Gasteiger partial charge < -0.3 is 9.47 Å². The Bertz CT molecular complexity index is 332. The molecule has 0 saturated carbocycles. The number of carbonyl (C=O) groups is 1. The van der Waals surface area contributed by atoms with E-state index in [0.29, 0.717) is 13.2 Å². The number of nitrogens with zero attached hydrogens (tertiary/aromatic N) is 1. The third kappa shape index (κ3) is 5.79. The maximum Gasteiger partial charge on any atom is 0.321 e. The zero-order chi connectivity index (χ0) is 12.5. The minimum absolute atomic E-state index is 0.306. The lowest BCUT2D eigenvalue weighted by molar-refractivity contribution is -0.140. The summed E-state index contributed by atoms with van der Waals surface area (Å²) in [6.07, 6.45) is 5.43. The number of rotatable bonds is 7. The molecule has 17 heavy (non-hydrogen) atoms. The van der Waals surface area contributed by atoms with Gasteiger partial charge in [0.25, 0.3) is 0 Å². The van der Waals surface area contributed by atoms with Gasteiger partial charge in [0.2, 0.25) is 0 Å².